The molecule has 1 aliphatic rings. The lowest BCUT2D eigenvalue weighted by Gasteiger charge is -2.25. The molecule has 1 saturated heterocycles. The number of fused-ring (bicyclic) bond motifs is 1. The molecule has 1 aromatic heterocycles. The number of amides is 1. The average molecular weight is 256 g/mol. The maximum atomic E-state index is 12.5. The summed E-state index contributed by atoms with van der Waals surface area (Å²) >= 11 is 0. The third-order valence-electron chi connectivity index (χ3n) is 3.74. The summed E-state index contributed by atoms with van der Waals surface area (Å²) in [4.78, 5) is 25.6. The molecule has 0 N–H and O–H groups in total. The van der Waals surface area contributed by atoms with Gasteiger partial charge in [-0.25, -0.2) is 0 Å². The maximum absolute atomic E-state index is 12.5. The third kappa shape index (κ3) is 2.03. The summed E-state index contributed by atoms with van der Waals surface area (Å²) in [6, 6.07) is 7.89. The standard InChI is InChI=1S/C15H16N2O2/c1-16-10-13(12-4-2-3-5-14(12)16)15(19)17-8-6-11(18)7-9-17/h2-5,10H,6-9H2,1H3. The Morgan fingerprint density at radius 3 is 2.58 bits per heavy atom. The number of aromatic nitrogens is 1. The van der Waals surface area contributed by atoms with Crippen LogP contribution in [0.25, 0.3) is 10.9 Å². The SMILES string of the molecule is Cn1cc(C(=O)N2CCC(=O)CC2)c2ccccc21. The molecule has 4 nitrogen and oxygen atoms in total. The number of aryl methyl sites for hydroxylation is 1. The van der Waals surface area contributed by atoms with Gasteiger partial charge in [-0.15, -0.1) is 0 Å². The highest BCUT2D eigenvalue weighted by atomic mass is 16.2. The van der Waals surface area contributed by atoms with E-state index >= 15 is 0 Å². The van der Waals surface area contributed by atoms with Crippen molar-refractivity contribution in [3.8, 4) is 0 Å². The Hall–Kier alpha value is -2.10. The first kappa shape index (κ1) is 12.0. The van der Waals surface area contributed by atoms with E-state index in [-0.39, 0.29) is 11.7 Å². The average Bonchev–Trinajstić information content (AvgIpc) is 2.77. The number of likely N-dealkylation sites (tertiary alicyclic amines) is 1. The monoisotopic (exact) mass is 256 g/mol. The lowest BCUT2D eigenvalue weighted by Crippen LogP contribution is -2.38. The van der Waals surface area contributed by atoms with Crippen molar-refractivity contribution in [2.75, 3.05) is 13.1 Å². The minimum absolute atomic E-state index is 0.0318. The van der Waals surface area contributed by atoms with Crippen molar-refractivity contribution in [1.29, 1.82) is 0 Å². The fraction of sp³-hybridized carbons (Fsp3) is 0.333. The van der Waals surface area contributed by atoms with Crippen LogP contribution in [0.4, 0.5) is 0 Å². The van der Waals surface area contributed by atoms with E-state index in [2.05, 4.69) is 0 Å². The molecule has 98 valence electrons. The van der Waals surface area contributed by atoms with Gasteiger partial charge in [-0.05, 0) is 6.07 Å². The van der Waals surface area contributed by atoms with Crippen LogP contribution in [0.1, 0.15) is 23.2 Å². The lowest BCUT2D eigenvalue weighted by molar-refractivity contribution is -0.120. The molecule has 2 heterocycles. The third-order valence-corrected chi connectivity index (χ3v) is 3.74. The van der Waals surface area contributed by atoms with Crippen LogP contribution in [0.2, 0.25) is 0 Å². The number of benzene rings is 1. The molecule has 0 radical (unpaired) electrons. The fourth-order valence-corrected chi connectivity index (χ4v) is 2.64. The molecule has 1 amide bonds. The lowest BCUT2D eigenvalue weighted by atomic mass is 10.1. The Kier molecular flexibility index (Phi) is 2.85. The van der Waals surface area contributed by atoms with E-state index in [0.29, 0.717) is 25.9 Å². The van der Waals surface area contributed by atoms with Crippen LogP contribution in [0, 0.1) is 0 Å². The summed E-state index contributed by atoms with van der Waals surface area (Å²) in [5, 5.41) is 0.979. The Bertz CT molecular complexity index is 647. The van der Waals surface area contributed by atoms with Gasteiger partial charge in [-0.2, -0.15) is 0 Å². The van der Waals surface area contributed by atoms with Crippen LogP contribution < -0.4 is 0 Å². The molecule has 0 unspecified atom stereocenters. The zero-order chi connectivity index (χ0) is 13.4. The highest BCUT2D eigenvalue weighted by Crippen LogP contribution is 2.22. The van der Waals surface area contributed by atoms with Gasteiger partial charge in [-0.1, -0.05) is 18.2 Å². The minimum atomic E-state index is 0.0318. The van der Waals surface area contributed by atoms with Gasteiger partial charge in [0.1, 0.15) is 5.78 Å². The fourth-order valence-electron chi connectivity index (χ4n) is 2.64. The number of Topliss-reactive ketones (excluding diaryl/α,β-unsaturated/α-hetero) is 1. The molecule has 1 aliphatic heterocycles. The highest BCUT2D eigenvalue weighted by Gasteiger charge is 2.24. The Labute approximate surface area is 111 Å². The number of carbonyl (C=O) groups excluding carboxylic acids is 2. The zero-order valence-electron chi connectivity index (χ0n) is 10.9. The van der Waals surface area contributed by atoms with E-state index in [9.17, 15) is 9.59 Å². The van der Waals surface area contributed by atoms with Crippen LogP contribution in [-0.2, 0) is 11.8 Å². The molecule has 0 bridgehead atoms. The molecule has 1 aromatic carbocycles. The number of nitrogens with zero attached hydrogens (tertiary/aromatic N) is 2. The molecule has 4 heteroatoms. The van der Waals surface area contributed by atoms with Crippen molar-refractivity contribution >= 4 is 22.6 Å². The number of carbonyl (C=O) groups is 2. The second kappa shape index (κ2) is 4.53. The van der Waals surface area contributed by atoms with Crippen molar-refractivity contribution in [2.45, 2.75) is 12.8 Å². The number of para-hydroxylation sites is 1. The molecule has 3 rings (SSSR count). The van der Waals surface area contributed by atoms with E-state index in [4.69, 9.17) is 0 Å². The van der Waals surface area contributed by atoms with Crippen molar-refractivity contribution in [3.05, 3.63) is 36.0 Å². The normalized spacial score (nSPS) is 16.1. The van der Waals surface area contributed by atoms with Crippen LogP contribution >= 0.6 is 0 Å². The second-order valence-electron chi connectivity index (χ2n) is 5.00. The molecule has 19 heavy (non-hydrogen) atoms. The number of ketones is 1. The summed E-state index contributed by atoms with van der Waals surface area (Å²) in [6.07, 6.45) is 2.84. The van der Waals surface area contributed by atoms with Gasteiger partial charge in [0.25, 0.3) is 5.91 Å². The van der Waals surface area contributed by atoms with Gasteiger partial charge in [0.15, 0.2) is 0 Å². The van der Waals surface area contributed by atoms with E-state index in [1.807, 2.05) is 42.1 Å². The maximum Gasteiger partial charge on any atom is 0.256 e. The predicted octanol–water partition coefficient (Wildman–Crippen LogP) is 1.98. The first-order valence-corrected chi connectivity index (χ1v) is 6.52. The molecule has 1 fully saturated rings. The van der Waals surface area contributed by atoms with Crippen LogP contribution in [0.3, 0.4) is 0 Å². The first-order valence-electron chi connectivity index (χ1n) is 6.52. The summed E-state index contributed by atoms with van der Waals surface area (Å²) in [6.45, 7) is 1.09. The van der Waals surface area contributed by atoms with Gasteiger partial charge in [-0.3, -0.25) is 9.59 Å². The molecule has 0 aliphatic carbocycles. The van der Waals surface area contributed by atoms with Gasteiger partial charge in [0.2, 0.25) is 0 Å². The quantitative estimate of drug-likeness (QED) is 0.783. The van der Waals surface area contributed by atoms with E-state index in [1.165, 1.54) is 0 Å². The molecule has 0 spiro atoms. The summed E-state index contributed by atoms with van der Waals surface area (Å²) in [5.41, 5.74) is 1.78. The van der Waals surface area contributed by atoms with E-state index < -0.39 is 0 Å². The van der Waals surface area contributed by atoms with Crippen LogP contribution in [-0.4, -0.2) is 34.2 Å². The molecule has 0 atom stereocenters. The van der Waals surface area contributed by atoms with E-state index in [0.717, 1.165) is 16.5 Å². The Morgan fingerprint density at radius 2 is 1.84 bits per heavy atom. The number of rotatable bonds is 1. The summed E-state index contributed by atoms with van der Waals surface area (Å²) < 4.78 is 1.97. The molecule has 0 saturated carbocycles. The number of piperidine rings is 1. The van der Waals surface area contributed by atoms with Gasteiger partial charge < -0.3 is 9.47 Å². The summed E-state index contributed by atoms with van der Waals surface area (Å²) in [5.74, 6) is 0.284. The molecular formula is C15H16N2O2. The van der Waals surface area contributed by atoms with Crippen molar-refractivity contribution in [2.24, 2.45) is 7.05 Å². The van der Waals surface area contributed by atoms with Crippen molar-refractivity contribution in [3.63, 3.8) is 0 Å². The van der Waals surface area contributed by atoms with Crippen LogP contribution in [0.15, 0.2) is 30.5 Å². The predicted molar refractivity (Wildman–Crippen MR) is 73.1 cm³/mol. The van der Waals surface area contributed by atoms with E-state index in [1.54, 1.807) is 4.90 Å². The van der Waals surface area contributed by atoms with Gasteiger partial charge in [0.05, 0.1) is 5.56 Å². The Balaban J connectivity index is 1.96. The van der Waals surface area contributed by atoms with Crippen LogP contribution in [0.5, 0.6) is 0 Å². The highest BCUT2D eigenvalue weighted by molar-refractivity contribution is 6.07. The van der Waals surface area contributed by atoms with Crippen molar-refractivity contribution in [1.82, 2.24) is 9.47 Å². The topological polar surface area (TPSA) is 42.3 Å². The largest absolute Gasteiger partial charge is 0.350 e. The Morgan fingerprint density at radius 1 is 1.16 bits per heavy atom. The minimum Gasteiger partial charge on any atom is -0.350 e. The summed E-state index contributed by atoms with van der Waals surface area (Å²) in [7, 11) is 1.94. The zero-order valence-corrected chi connectivity index (χ0v) is 10.9. The smallest absolute Gasteiger partial charge is 0.256 e. The molecular weight excluding hydrogens is 240 g/mol. The van der Waals surface area contributed by atoms with Gasteiger partial charge >= 0.3 is 0 Å². The van der Waals surface area contributed by atoms with Gasteiger partial charge in [0, 0.05) is 50.1 Å². The number of hydrogen-bond acceptors (Lipinski definition) is 2. The van der Waals surface area contributed by atoms with Crippen molar-refractivity contribution < 1.29 is 9.59 Å². The molecule has 2 aromatic rings. The number of hydrogen-bond donors (Lipinski definition) is 0. The first-order chi connectivity index (χ1) is 9.16. The second-order valence-corrected chi connectivity index (χ2v) is 5.00.